The van der Waals surface area contributed by atoms with Crippen molar-refractivity contribution >= 4 is 23.2 Å². The lowest BCUT2D eigenvalue weighted by atomic mass is 10.1. The van der Waals surface area contributed by atoms with Crippen molar-refractivity contribution in [2.24, 2.45) is 7.05 Å². The fraction of sp³-hybridized carbons (Fsp3) is 0.385. The van der Waals surface area contributed by atoms with E-state index in [0.29, 0.717) is 21.0 Å². The molecule has 0 spiro atoms. The highest BCUT2D eigenvalue weighted by Gasteiger charge is 2.27. The maximum absolute atomic E-state index is 13.0. The predicted molar refractivity (Wildman–Crippen MR) is 78.3 cm³/mol. The van der Waals surface area contributed by atoms with Crippen molar-refractivity contribution in [2.75, 3.05) is 0 Å². The number of hydrogen-bond donors (Lipinski definition) is 0. The number of pyridine rings is 1. The molecule has 114 valence electrons. The van der Waals surface area contributed by atoms with E-state index in [9.17, 15) is 9.60 Å². The highest BCUT2D eigenvalue weighted by atomic mass is 35.5. The summed E-state index contributed by atoms with van der Waals surface area (Å²) in [6.45, 7) is 4.54. The zero-order valence-electron chi connectivity index (χ0n) is 11.9. The number of alkyl halides is 1. The number of aryl methyl sites for hydroxylation is 2. The quantitative estimate of drug-likeness (QED) is 0.639. The van der Waals surface area contributed by atoms with E-state index in [2.05, 4.69) is 5.10 Å². The first-order chi connectivity index (χ1) is 9.73. The van der Waals surface area contributed by atoms with Gasteiger partial charge in [-0.05, 0) is 13.0 Å². The summed E-state index contributed by atoms with van der Waals surface area (Å²) in [5.41, 5.74) is 1.43. The molecule has 1 unspecified atom stereocenters. The second-order valence-electron chi connectivity index (χ2n) is 4.66. The normalized spacial score (nSPS) is 12.5. The third kappa shape index (κ3) is 2.78. The predicted octanol–water partition coefficient (Wildman–Crippen LogP) is 3.34. The molecule has 0 amide bonds. The maximum atomic E-state index is 13.0. The molecule has 0 aromatic carbocycles. The molecule has 0 N–H and O–H groups in total. The summed E-state index contributed by atoms with van der Waals surface area (Å²) in [5.74, 6) is 0.0636. The van der Waals surface area contributed by atoms with E-state index in [-0.39, 0.29) is 22.3 Å². The fourth-order valence-corrected chi connectivity index (χ4v) is 2.52. The smallest absolute Gasteiger partial charge is 0.249 e. The molecule has 1 atom stereocenters. The number of aromatic nitrogens is 3. The summed E-state index contributed by atoms with van der Waals surface area (Å²) in [7, 11) is 1.56. The monoisotopic (exact) mass is 333 g/mol. The van der Waals surface area contributed by atoms with Gasteiger partial charge in [0.15, 0.2) is 5.69 Å². The molecule has 2 heterocycles. The number of hydrogen-bond acceptors (Lipinski definition) is 3. The lowest BCUT2D eigenvalue weighted by Crippen LogP contribution is -2.34. The molecule has 8 heteroatoms. The Kier molecular flexibility index (Phi) is 4.30. The van der Waals surface area contributed by atoms with Gasteiger partial charge in [0.05, 0.1) is 0 Å². The minimum absolute atomic E-state index is 0.0636. The highest BCUT2D eigenvalue weighted by molar-refractivity contribution is 6.34. The molecule has 2 aromatic rings. The number of nitrogens with zero attached hydrogens (tertiary/aromatic N) is 3. The van der Waals surface area contributed by atoms with Crippen molar-refractivity contribution in [1.82, 2.24) is 9.78 Å². The van der Waals surface area contributed by atoms with Crippen LogP contribution in [0.1, 0.15) is 18.2 Å². The first kappa shape index (κ1) is 15.9. The summed E-state index contributed by atoms with van der Waals surface area (Å²) in [6.07, 6.45) is -1.54. The molecule has 0 radical (unpaired) electrons. The minimum Gasteiger partial charge on any atom is -0.618 e. The molecule has 5 nitrogen and oxygen atoms in total. The molecule has 0 saturated carbocycles. The molecule has 0 aliphatic rings. The molecule has 2 rings (SSSR count). The van der Waals surface area contributed by atoms with E-state index in [4.69, 9.17) is 27.9 Å². The van der Waals surface area contributed by atoms with Gasteiger partial charge >= 0.3 is 0 Å². The first-order valence-electron chi connectivity index (χ1n) is 6.16. The molecule has 0 fully saturated rings. The van der Waals surface area contributed by atoms with Gasteiger partial charge in [-0.3, -0.25) is 0 Å². The molecular formula is C13H14Cl2FN3O2. The van der Waals surface area contributed by atoms with Crippen molar-refractivity contribution in [3.63, 3.8) is 0 Å². The van der Waals surface area contributed by atoms with E-state index in [1.54, 1.807) is 27.0 Å². The van der Waals surface area contributed by atoms with Crippen LogP contribution < -0.4 is 9.47 Å². The molecule has 0 aliphatic heterocycles. The van der Waals surface area contributed by atoms with Crippen LogP contribution in [0.5, 0.6) is 5.88 Å². The third-order valence-corrected chi connectivity index (χ3v) is 3.73. The van der Waals surface area contributed by atoms with Crippen LogP contribution in [0.15, 0.2) is 6.07 Å². The Morgan fingerprint density at radius 1 is 1.43 bits per heavy atom. The Morgan fingerprint density at radius 3 is 2.62 bits per heavy atom. The summed E-state index contributed by atoms with van der Waals surface area (Å²) >= 11 is 12.2. The van der Waals surface area contributed by atoms with Crippen LogP contribution in [0, 0.1) is 19.1 Å². The van der Waals surface area contributed by atoms with E-state index in [1.807, 2.05) is 0 Å². The molecular weight excluding hydrogens is 320 g/mol. The Balaban J connectivity index is 2.66. The Labute approximate surface area is 131 Å². The van der Waals surface area contributed by atoms with Crippen LogP contribution in [0.4, 0.5) is 4.39 Å². The molecule has 21 heavy (non-hydrogen) atoms. The van der Waals surface area contributed by atoms with E-state index < -0.39 is 6.36 Å². The van der Waals surface area contributed by atoms with Gasteiger partial charge in [0.2, 0.25) is 23.6 Å². The van der Waals surface area contributed by atoms with Gasteiger partial charge in [0, 0.05) is 26.5 Å². The average molecular weight is 334 g/mol. The fourth-order valence-electron chi connectivity index (χ4n) is 1.99. The van der Waals surface area contributed by atoms with E-state index in [0.717, 1.165) is 0 Å². The van der Waals surface area contributed by atoms with Gasteiger partial charge in [0.25, 0.3) is 0 Å². The Hall–Kier alpha value is -1.53. The van der Waals surface area contributed by atoms with Crippen LogP contribution in [0.2, 0.25) is 10.0 Å². The van der Waals surface area contributed by atoms with Gasteiger partial charge in [-0.15, -0.1) is 0 Å². The van der Waals surface area contributed by atoms with Gasteiger partial charge in [-0.25, -0.2) is 9.07 Å². The maximum Gasteiger partial charge on any atom is 0.249 e. The van der Waals surface area contributed by atoms with Crippen molar-refractivity contribution in [3.05, 3.63) is 32.6 Å². The van der Waals surface area contributed by atoms with Crippen molar-refractivity contribution in [3.8, 4) is 17.3 Å². The van der Waals surface area contributed by atoms with Crippen LogP contribution in [-0.2, 0) is 7.05 Å². The minimum atomic E-state index is -1.54. The molecule has 2 aromatic heterocycles. The standard InChI is InChI=1S/C13H14Cl2FN3O2/c1-6-5-9(14)7(2)19(20)12(6)11-10(15)13(18(4)17-11)21-8(3)16/h5,8H,1-4H3. The second kappa shape index (κ2) is 5.69. The van der Waals surface area contributed by atoms with Crippen LogP contribution in [-0.4, -0.2) is 16.1 Å². The highest BCUT2D eigenvalue weighted by Crippen LogP contribution is 2.35. The third-order valence-electron chi connectivity index (χ3n) is 3.01. The lowest BCUT2D eigenvalue weighted by molar-refractivity contribution is -0.601. The van der Waals surface area contributed by atoms with Crippen molar-refractivity contribution in [1.29, 1.82) is 0 Å². The molecule has 0 bridgehead atoms. The van der Waals surface area contributed by atoms with Crippen LogP contribution in [0.3, 0.4) is 0 Å². The number of rotatable bonds is 3. The van der Waals surface area contributed by atoms with Gasteiger partial charge in [-0.1, -0.05) is 23.2 Å². The number of ether oxygens (including phenoxy) is 1. The number of halogens is 3. The first-order valence-corrected chi connectivity index (χ1v) is 6.92. The largest absolute Gasteiger partial charge is 0.618 e. The van der Waals surface area contributed by atoms with Crippen LogP contribution >= 0.6 is 23.2 Å². The lowest BCUT2D eigenvalue weighted by Gasteiger charge is -2.09. The SMILES string of the molecule is Cc1cc(Cl)c(C)[n+]([O-])c1-c1nn(C)c(OC(C)F)c1Cl. The molecule has 0 saturated heterocycles. The summed E-state index contributed by atoms with van der Waals surface area (Å²) in [6, 6.07) is 1.66. The topological polar surface area (TPSA) is 54.0 Å². The van der Waals surface area contributed by atoms with Crippen LogP contribution in [0.25, 0.3) is 11.4 Å². The van der Waals surface area contributed by atoms with Gasteiger partial charge < -0.3 is 9.94 Å². The Morgan fingerprint density at radius 2 is 2.05 bits per heavy atom. The zero-order valence-corrected chi connectivity index (χ0v) is 13.5. The van der Waals surface area contributed by atoms with Crippen molar-refractivity contribution in [2.45, 2.75) is 27.1 Å². The summed E-state index contributed by atoms with van der Waals surface area (Å²) < 4.78 is 20.0. The van der Waals surface area contributed by atoms with E-state index >= 15 is 0 Å². The average Bonchev–Trinajstić information content (AvgIpc) is 2.64. The molecule has 0 aliphatic carbocycles. The Bertz CT molecular complexity index is 701. The van der Waals surface area contributed by atoms with Gasteiger partial charge in [0.1, 0.15) is 10.0 Å². The second-order valence-corrected chi connectivity index (χ2v) is 5.44. The summed E-state index contributed by atoms with van der Waals surface area (Å²) in [4.78, 5) is 0. The van der Waals surface area contributed by atoms with E-state index in [1.165, 1.54) is 11.6 Å². The summed E-state index contributed by atoms with van der Waals surface area (Å²) in [5, 5.41) is 16.9. The zero-order chi connectivity index (χ0) is 15.9. The van der Waals surface area contributed by atoms with Crippen molar-refractivity contribution < 1.29 is 13.9 Å². The van der Waals surface area contributed by atoms with Gasteiger partial charge in [-0.2, -0.15) is 9.83 Å².